The second-order valence-electron chi connectivity index (χ2n) is 6.15. The van der Waals surface area contributed by atoms with E-state index in [0.717, 1.165) is 0 Å². The van der Waals surface area contributed by atoms with Gasteiger partial charge in [0.2, 0.25) is 21.8 Å². The number of aromatic nitrogens is 1. The first-order valence-electron chi connectivity index (χ1n) is 8.85. The van der Waals surface area contributed by atoms with E-state index >= 15 is 0 Å². The van der Waals surface area contributed by atoms with Gasteiger partial charge in [0.1, 0.15) is 4.90 Å². The molecule has 0 unspecified atom stereocenters. The van der Waals surface area contributed by atoms with Gasteiger partial charge in [-0.3, -0.25) is 14.6 Å². The Morgan fingerprint density at radius 2 is 1.92 bits per heavy atom. The summed E-state index contributed by atoms with van der Waals surface area (Å²) in [5, 5.41) is 2.68. The minimum atomic E-state index is -3.58. The average Bonchev–Trinajstić information content (AvgIpc) is 2.68. The monoisotopic (exact) mass is 382 g/mol. The molecule has 1 fully saturated rings. The molecule has 8 nitrogen and oxygen atoms in total. The molecule has 2 heterocycles. The highest BCUT2D eigenvalue weighted by Crippen LogP contribution is 2.23. The summed E-state index contributed by atoms with van der Waals surface area (Å²) >= 11 is 0. The van der Waals surface area contributed by atoms with Crippen LogP contribution < -0.4 is 5.32 Å². The lowest BCUT2D eigenvalue weighted by atomic mass is 9.97. The van der Waals surface area contributed by atoms with Crippen molar-refractivity contribution in [1.29, 1.82) is 0 Å². The van der Waals surface area contributed by atoms with Gasteiger partial charge < -0.3 is 10.2 Å². The van der Waals surface area contributed by atoms with Gasteiger partial charge in [-0.15, -0.1) is 0 Å². The quantitative estimate of drug-likeness (QED) is 0.739. The number of piperidine rings is 1. The first kappa shape index (κ1) is 20.3. The second kappa shape index (κ2) is 9.09. The Bertz CT molecular complexity index is 712. The van der Waals surface area contributed by atoms with Gasteiger partial charge in [-0.25, -0.2) is 8.42 Å². The number of carbonyl (C=O) groups is 2. The van der Waals surface area contributed by atoms with Crippen LogP contribution in [0.2, 0.25) is 0 Å². The van der Waals surface area contributed by atoms with Crippen LogP contribution in [0, 0.1) is 5.92 Å². The van der Waals surface area contributed by atoms with Gasteiger partial charge in [0.15, 0.2) is 0 Å². The Balaban J connectivity index is 1.86. The maximum absolute atomic E-state index is 12.6. The van der Waals surface area contributed by atoms with Crippen LogP contribution in [0.4, 0.5) is 0 Å². The zero-order valence-electron chi connectivity index (χ0n) is 15.2. The Labute approximate surface area is 154 Å². The smallest absolute Gasteiger partial charge is 0.244 e. The van der Waals surface area contributed by atoms with Crippen LogP contribution in [0.1, 0.15) is 26.7 Å². The molecule has 0 spiro atoms. The molecular weight excluding hydrogens is 356 g/mol. The van der Waals surface area contributed by atoms with E-state index in [1.165, 1.54) is 22.8 Å². The van der Waals surface area contributed by atoms with E-state index in [-0.39, 0.29) is 42.3 Å². The molecule has 26 heavy (non-hydrogen) atoms. The first-order chi connectivity index (χ1) is 12.4. The van der Waals surface area contributed by atoms with E-state index in [9.17, 15) is 18.0 Å². The lowest BCUT2D eigenvalue weighted by molar-refractivity contribution is -0.134. The molecule has 1 N–H and O–H groups in total. The number of hydrogen-bond donors (Lipinski definition) is 1. The van der Waals surface area contributed by atoms with Gasteiger partial charge in [0.25, 0.3) is 0 Å². The van der Waals surface area contributed by atoms with Crippen molar-refractivity contribution in [3.63, 3.8) is 0 Å². The minimum Gasteiger partial charge on any atom is -0.347 e. The predicted molar refractivity (Wildman–Crippen MR) is 96.7 cm³/mol. The van der Waals surface area contributed by atoms with Gasteiger partial charge in [-0.05, 0) is 38.8 Å². The topological polar surface area (TPSA) is 99.7 Å². The fourth-order valence-electron chi connectivity index (χ4n) is 3.00. The number of carbonyl (C=O) groups excluding carboxylic acids is 2. The van der Waals surface area contributed by atoms with Crippen molar-refractivity contribution in [1.82, 2.24) is 19.5 Å². The number of likely N-dealkylation sites (N-methyl/N-ethyl adjacent to an activating group) is 1. The summed E-state index contributed by atoms with van der Waals surface area (Å²) in [6, 6.07) is 3.10. The fourth-order valence-corrected chi connectivity index (χ4v) is 4.44. The summed E-state index contributed by atoms with van der Waals surface area (Å²) in [7, 11) is -3.58. The third-order valence-electron chi connectivity index (χ3n) is 4.63. The van der Waals surface area contributed by atoms with Gasteiger partial charge >= 0.3 is 0 Å². The van der Waals surface area contributed by atoms with Crippen LogP contribution in [0.3, 0.4) is 0 Å². The third kappa shape index (κ3) is 4.79. The molecule has 0 aromatic carbocycles. The number of nitrogens with one attached hydrogen (secondary N) is 1. The van der Waals surface area contributed by atoms with E-state index < -0.39 is 10.0 Å². The number of pyridine rings is 1. The Hall–Kier alpha value is -2.00. The number of nitrogens with zero attached hydrogens (tertiary/aromatic N) is 3. The lowest BCUT2D eigenvalue weighted by Crippen LogP contribution is -2.45. The molecule has 9 heteroatoms. The van der Waals surface area contributed by atoms with Crippen molar-refractivity contribution in [2.45, 2.75) is 31.6 Å². The molecule has 2 amide bonds. The molecule has 1 aromatic heterocycles. The highest BCUT2D eigenvalue weighted by Gasteiger charge is 2.32. The molecular formula is C17H26N4O4S. The van der Waals surface area contributed by atoms with Crippen LogP contribution >= 0.6 is 0 Å². The molecule has 1 aliphatic rings. The van der Waals surface area contributed by atoms with Crippen LogP contribution in [0.25, 0.3) is 0 Å². The van der Waals surface area contributed by atoms with Crippen molar-refractivity contribution in [2.24, 2.45) is 5.92 Å². The van der Waals surface area contributed by atoms with Crippen LogP contribution in [-0.2, 0) is 19.6 Å². The van der Waals surface area contributed by atoms with Gasteiger partial charge in [-0.2, -0.15) is 4.31 Å². The second-order valence-corrected chi connectivity index (χ2v) is 8.09. The highest BCUT2D eigenvalue weighted by molar-refractivity contribution is 7.89. The Kier molecular flexibility index (Phi) is 7.10. The van der Waals surface area contributed by atoms with Crippen molar-refractivity contribution in [3.05, 3.63) is 24.5 Å². The van der Waals surface area contributed by atoms with Crippen molar-refractivity contribution < 1.29 is 18.0 Å². The standard InChI is InChI=1S/C17H26N4O4S/c1-3-20(4-2)16(22)13-19-17(23)14-7-10-21(11-8-14)26(24,25)15-6-5-9-18-12-15/h5-6,9,12,14H,3-4,7-8,10-11,13H2,1-2H3,(H,19,23). The number of amides is 2. The minimum absolute atomic E-state index is 0.0191. The SMILES string of the molecule is CCN(CC)C(=O)CNC(=O)C1CCN(S(=O)(=O)c2cccnc2)CC1. The van der Waals surface area contributed by atoms with Crippen LogP contribution in [-0.4, -0.2) is 67.1 Å². The van der Waals surface area contributed by atoms with E-state index in [0.29, 0.717) is 25.9 Å². The van der Waals surface area contributed by atoms with E-state index in [1.54, 1.807) is 11.0 Å². The normalized spacial score (nSPS) is 16.2. The maximum Gasteiger partial charge on any atom is 0.244 e. The van der Waals surface area contributed by atoms with Crippen molar-refractivity contribution >= 4 is 21.8 Å². The third-order valence-corrected chi connectivity index (χ3v) is 6.51. The highest BCUT2D eigenvalue weighted by atomic mass is 32.2. The molecule has 1 aliphatic heterocycles. The number of sulfonamides is 1. The number of hydrogen-bond acceptors (Lipinski definition) is 5. The van der Waals surface area contributed by atoms with E-state index in [4.69, 9.17) is 0 Å². The zero-order chi connectivity index (χ0) is 19.2. The summed E-state index contributed by atoms with van der Waals surface area (Å²) in [5.41, 5.74) is 0. The Morgan fingerprint density at radius 1 is 1.27 bits per heavy atom. The summed E-state index contributed by atoms with van der Waals surface area (Å²) in [4.78, 5) is 29.9. The first-order valence-corrected chi connectivity index (χ1v) is 10.3. The van der Waals surface area contributed by atoms with E-state index in [2.05, 4.69) is 10.3 Å². The fraction of sp³-hybridized carbons (Fsp3) is 0.588. The zero-order valence-corrected chi connectivity index (χ0v) is 16.0. The largest absolute Gasteiger partial charge is 0.347 e. The molecule has 0 radical (unpaired) electrons. The molecule has 1 aromatic rings. The molecule has 2 rings (SSSR count). The maximum atomic E-state index is 12.6. The molecule has 1 saturated heterocycles. The summed E-state index contributed by atoms with van der Waals surface area (Å²) in [5.74, 6) is -0.580. The molecule has 0 saturated carbocycles. The molecule has 0 bridgehead atoms. The Morgan fingerprint density at radius 3 is 2.46 bits per heavy atom. The summed E-state index contributed by atoms with van der Waals surface area (Å²) in [6.45, 7) is 5.53. The summed E-state index contributed by atoms with van der Waals surface area (Å²) in [6.07, 6.45) is 3.72. The predicted octanol–water partition coefficient (Wildman–Crippen LogP) is 0.467. The average molecular weight is 382 g/mol. The number of rotatable bonds is 7. The van der Waals surface area contributed by atoms with E-state index in [1.807, 2.05) is 13.8 Å². The van der Waals surface area contributed by atoms with Crippen LogP contribution in [0.15, 0.2) is 29.4 Å². The summed E-state index contributed by atoms with van der Waals surface area (Å²) < 4.78 is 26.5. The van der Waals surface area contributed by atoms with Gasteiger partial charge in [0.05, 0.1) is 6.54 Å². The van der Waals surface area contributed by atoms with Crippen molar-refractivity contribution in [2.75, 3.05) is 32.7 Å². The molecule has 0 atom stereocenters. The van der Waals surface area contributed by atoms with Crippen LogP contribution in [0.5, 0.6) is 0 Å². The molecule has 144 valence electrons. The molecule has 0 aliphatic carbocycles. The van der Waals surface area contributed by atoms with Gasteiger partial charge in [-0.1, -0.05) is 0 Å². The van der Waals surface area contributed by atoms with Crippen molar-refractivity contribution in [3.8, 4) is 0 Å². The lowest BCUT2D eigenvalue weighted by Gasteiger charge is -2.30. The van der Waals surface area contributed by atoms with Gasteiger partial charge in [0, 0.05) is 44.5 Å².